The molecule has 2 heterocycles. The topological polar surface area (TPSA) is 110 Å². The summed E-state index contributed by atoms with van der Waals surface area (Å²) in [6.07, 6.45) is -3.76. The summed E-state index contributed by atoms with van der Waals surface area (Å²) in [6, 6.07) is 6.96. The van der Waals surface area contributed by atoms with Crippen molar-refractivity contribution in [2.24, 2.45) is 0 Å². The number of halogens is 4. The molecule has 1 fully saturated rings. The molecule has 0 spiro atoms. The fourth-order valence-corrected chi connectivity index (χ4v) is 4.30. The van der Waals surface area contributed by atoms with E-state index in [0.29, 0.717) is 10.7 Å². The number of benzene rings is 2. The van der Waals surface area contributed by atoms with E-state index in [2.05, 4.69) is 10.3 Å². The average molecular weight is 527 g/mol. The zero-order valence-electron chi connectivity index (χ0n) is 19.1. The molecular formula is C23H22ClF3N4O5. The molecule has 1 amide bonds. The van der Waals surface area contributed by atoms with Gasteiger partial charge < -0.3 is 24.6 Å². The van der Waals surface area contributed by atoms with Crippen LogP contribution in [0.15, 0.2) is 42.6 Å². The zero-order chi connectivity index (χ0) is 26.1. The number of carbonyl (C=O) groups is 1. The van der Waals surface area contributed by atoms with Gasteiger partial charge in [-0.05, 0) is 30.3 Å². The van der Waals surface area contributed by atoms with Crippen molar-refractivity contribution >= 4 is 23.2 Å². The molecule has 1 aliphatic rings. The van der Waals surface area contributed by atoms with Crippen molar-refractivity contribution in [3.8, 4) is 11.3 Å². The molecule has 36 heavy (non-hydrogen) atoms. The summed E-state index contributed by atoms with van der Waals surface area (Å²) in [5, 5.41) is 28.9. The molecule has 5 atom stereocenters. The van der Waals surface area contributed by atoms with Crippen LogP contribution in [0.4, 0.5) is 18.9 Å². The molecular weight excluding hydrogens is 505 g/mol. The molecule has 0 unspecified atom stereocenters. The van der Waals surface area contributed by atoms with Crippen LogP contribution >= 0.6 is 11.6 Å². The molecule has 2 N–H and O–H groups in total. The third-order valence-electron chi connectivity index (χ3n) is 6.00. The van der Waals surface area contributed by atoms with Crippen molar-refractivity contribution < 1.29 is 37.7 Å². The number of anilines is 1. The lowest BCUT2D eigenvalue weighted by Gasteiger charge is -2.43. The van der Waals surface area contributed by atoms with E-state index in [1.54, 1.807) is 24.3 Å². The van der Waals surface area contributed by atoms with Crippen molar-refractivity contribution in [2.75, 3.05) is 25.7 Å². The van der Waals surface area contributed by atoms with E-state index >= 15 is 0 Å². The highest BCUT2D eigenvalue weighted by molar-refractivity contribution is 6.30. The van der Waals surface area contributed by atoms with Gasteiger partial charge in [0.05, 0.1) is 12.8 Å². The summed E-state index contributed by atoms with van der Waals surface area (Å²) in [6.45, 7) is -0.630. The second kappa shape index (κ2) is 10.5. The number of methoxy groups -OCH3 is 1. The lowest BCUT2D eigenvalue weighted by atomic mass is 9.91. The van der Waals surface area contributed by atoms with Gasteiger partial charge in [-0.25, -0.2) is 17.9 Å². The molecule has 3 aromatic rings. The van der Waals surface area contributed by atoms with Gasteiger partial charge in [-0.1, -0.05) is 22.9 Å². The Balaban J connectivity index is 1.69. The van der Waals surface area contributed by atoms with Gasteiger partial charge in [0.1, 0.15) is 30.0 Å². The smallest absolute Gasteiger partial charge is 0.258 e. The SMILES string of the molecule is CO[C@@H]1[C@@H](n2cc(-c3cc(F)c(F)c(F)c3)nn2)[C@@H](O)[C@@H](CO)O[C@H]1C(=O)N(C)c1cccc(Cl)c1. The Labute approximate surface area is 208 Å². The first-order valence-corrected chi connectivity index (χ1v) is 11.1. The van der Waals surface area contributed by atoms with Crippen LogP contribution in [-0.2, 0) is 14.3 Å². The average Bonchev–Trinajstić information content (AvgIpc) is 3.35. The van der Waals surface area contributed by atoms with E-state index in [0.717, 1.165) is 16.8 Å². The fraction of sp³-hybridized carbons (Fsp3) is 0.348. The monoisotopic (exact) mass is 526 g/mol. The Kier molecular flexibility index (Phi) is 7.62. The maximum atomic E-state index is 13.7. The predicted molar refractivity (Wildman–Crippen MR) is 122 cm³/mol. The van der Waals surface area contributed by atoms with Crippen LogP contribution < -0.4 is 4.90 Å². The van der Waals surface area contributed by atoms with Crippen LogP contribution in [0, 0.1) is 17.5 Å². The largest absolute Gasteiger partial charge is 0.394 e. The second-order valence-corrected chi connectivity index (χ2v) is 8.61. The minimum absolute atomic E-state index is 0.0270. The van der Waals surface area contributed by atoms with Crippen LogP contribution in [0.2, 0.25) is 5.02 Å². The normalized spacial score (nSPS) is 24.1. The second-order valence-electron chi connectivity index (χ2n) is 8.17. The van der Waals surface area contributed by atoms with Gasteiger partial charge in [-0.15, -0.1) is 5.10 Å². The van der Waals surface area contributed by atoms with Gasteiger partial charge in [-0.3, -0.25) is 4.79 Å². The van der Waals surface area contributed by atoms with Crippen LogP contribution in [0.5, 0.6) is 0 Å². The Morgan fingerprint density at radius 1 is 1.25 bits per heavy atom. The first-order chi connectivity index (χ1) is 17.2. The van der Waals surface area contributed by atoms with Crippen molar-refractivity contribution in [1.29, 1.82) is 0 Å². The summed E-state index contributed by atoms with van der Waals surface area (Å²) in [4.78, 5) is 14.7. The number of nitrogens with zero attached hydrogens (tertiary/aromatic N) is 4. The standard InChI is InChI=1S/C23H22ClF3N4O5/c1-30(13-5-3-4-12(24)8-13)23(34)22-21(35-2)19(20(33)17(10-32)36-22)31-9-16(28-29-31)11-6-14(25)18(27)15(26)7-11/h3-9,17,19-22,32-33H,10H2,1-2H3/t17-,19+,20+,21-,22-/m1/s1. The Bertz CT molecular complexity index is 1240. The third-order valence-corrected chi connectivity index (χ3v) is 6.24. The zero-order valence-corrected chi connectivity index (χ0v) is 19.8. The molecule has 192 valence electrons. The Morgan fingerprint density at radius 2 is 1.94 bits per heavy atom. The highest BCUT2D eigenvalue weighted by atomic mass is 35.5. The number of likely N-dealkylation sites (N-methyl/N-ethyl adjacent to an activating group) is 1. The van der Waals surface area contributed by atoms with E-state index in [-0.39, 0.29) is 11.3 Å². The van der Waals surface area contributed by atoms with Gasteiger partial charge in [0, 0.05) is 30.4 Å². The summed E-state index contributed by atoms with van der Waals surface area (Å²) in [5.41, 5.74) is 0.346. The first kappa shape index (κ1) is 26.0. The molecule has 2 aromatic carbocycles. The van der Waals surface area contributed by atoms with E-state index in [4.69, 9.17) is 21.1 Å². The number of amides is 1. The molecule has 1 aromatic heterocycles. The van der Waals surface area contributed by atoms with Crippen molar-refractivity contribution in [1.82, 2.24) is 15.0 Å². The van der Waals surface area contributed by atoms with Gasteiger partial charge in [0.25, 0.3) is 5.91 Å². The van der Waals surface area contributed by atoms with E-state index < -0.39 is 60.4 Å². The molecule has 13 heteroatoms. The van der Waals surface area contributed by atoms with Gasteiger partial charge >= 0.3 is 0 Å². The summed E-state index contributed by atoms with van der Waals surface area (Å²) >= 11 is 6.04. The molecule has 0 radical (unpaired) electrons. The highest BCUT2D eigenvalue weighted by Crippen LogP contribution is 2.34. The quantitative estimate of drug-likeness (QED) is 0.474. The minimum Gasteiger partial charge on any atom is -0.394 e. The number of ether oxygens (including phenoxy) is 2. The van der Waals surface area contributed by atoms with Gasteiger partial charge in [0.2, 0.25) is 0 Å². The van der Waals surface area contributed by atoms with E-state index in [1.165, 1.54) is 25.3 Å². The molecule has 0 bridgehead atoms. The van der Waals surface area contributed by atoms with Crippen molar-refractivity contribution in [2.45, 2.75) is 30.5 Å². The Hall–Kier alpha value is -3.03. The van der Waals surface area contributed by atoms with Crippen molar-refractivity contribution in [3.63, 3.8) is 0 Å². The van der Waals surface area contributed by atoms with Gasteiger partial charge in [0.15, 0.2) is 23.6 Å². The molecule has 1 saturated heterocycles. The molecule has 9 nitrogen and oxygen atoms in total. The molecule has 0 saturated carbocycles. The number of rotatable bonds is 6. The summed E-state index contributed by atoms with van der Waals surface area (Å²) in [7, 11) is 2.80. The number of carbonyl (C=O) groups excluding carboxylic acids is 1. The van der Waals surface area contributed by atoms with Gasteiger partial charge in [-0.2, -0.15) is 0 Å². The third kappa shape index (κ3) is 4.82. The first-order valence-electron chi connectivity index (χ1n) is 10.7. The number of aliphatic hydroxyl groups is 2. The van der Waals surface area contributed by atoms with E-state index in [1.807, 2.05) is 0 Å². The number of aromatic nitrogens is 3. The van der Waals surface area contributed by atoms with Crippen LogP contribution in [0.1, 0.15) is 6.04 Å². The predicted octanol–water partition coefficient (Wildman–Crippen LogP) is 2.36. The molecule has 4 rings (SSSR count). The Morgan fingerprint density at radius 3 is 2.56 bits per heavy atom. The van der Waals surface area contributed by atoms with Crippen LogP contribution in [-0.4, -0.2) is 76.3 Å². The fourth-order valence-electron chi connectivity index (χ4n) is 4.12. The van der Waals surface area contributed by atoms with Crippen LogP contribution in [0.25, 0.3) is 11.3 Å². The van der Waals surface area contributed by atoms with Crippen LogP contribution in [0.3, 0.4) is 0 Å². The summed E-state index contributed by atoms with van der Waals surface area (Å²) in [5.74, 6) is -4.99. The van der Waals surface area contributed by atoms with E-state index in [9.17, 15) is 28.2 Å². The maximum Gasteiger partial charge on any atom is 0.258 e. The highest BCUT2D eigenvalue weighted by Gasteiger charge is 2.50. The number of aliphatic hydroxyl groups excluding tert-OH is 2. The van der Waals surface area contributed by atoms with Crippen molar-refractivity contribution in [3.05, 3.63) is 65.1 Å². The number of hydrogen-bond acceptors (Lipinski definition) is 7. The number of hydrogen-bond donors (Lipinski definition) is 2. The summed E-state index contributed by atoms with van der Waals surface area (Å²) < 4.78 is 53.2. The maximum absolute atomic E-state index is 13.7. The molecule has 0 aliphatic carbocycles. The minimum atomic E-state index is -1.62. The molecule has 1 aliphatic heterocycles. The lowest BCUT2D eigenvalue weighted by Crippen LogP contribution is -2.60. The lowest BCUT2D eigenvalue weighted by molar-refractivity contribution is -0.211.